The number of aliphatic hydroxyl groups excluding tert-OH is 1. The third-order valence-electron chi connectivity index (χ3n) is 4.33. The molecule has 0 heterocycles. The third-order valence-corrected chi connectivity index (χ3v) is 6.69. The number of carbonyl (C=O) groups is 2. The zero-order chi connectivity index (χ0) is 21.0. The van der Waals surface area contributed by atoms with Crippen LogP contribution in [0.2, 0.25) is 0 Å². The highest BCUT2D eigenvalue weighted by molar-refractivity contribution is 8.47. The molecule has 0 aliphatic carbocycles. The van der Waals surface area contributed by atoms with E-state index < -0.39 is 33.6 Å². The molecule has 0 saturated heterocycles. The molecule has 2 aromatic rings. The van der Waals surface area contributed by atoms with Crippen molar-refractivity contribution in [1.29, 1.82) is 0 Å². The van der Waals surface area contributed by atoms with E-state index in [1.165, 1.54) is 4.90 Å². The van der Waals surface area contributed by atoms with E-state index in [0.29, 0.717) is 17.0 Å². The topological polar surface area (TPSA) is 87.7 Å². The second kappa shape index (κ2) is 8.24. The molecule has 154 valence electrons. The van der Waals surface area contributed by atoms with Crippen LogP contribution in [0.15, 0.2) is 53.4 Å². The number of thiol groups is 1. The summed E-state index contributed by atoms with van der Waals surface area (Å²) in [6.45, 7) is -0.693. The van der Waals surface area contributed by atoms with Crippen molar-refractivity contribution in [2.45, 2.75) is 10.9 Å². The van der Waals surface area contributed by atoms with E-state index in [-0.39, 0.29) is 0 Å². The number of amides is 2. The quantitative estimate of drug-likeness (QED) is 0.532. The first-order chi connectivity index (χ1) is 13.0. The van der Waals surface area contributed by atoms with Gasteiger partial charge >= 0.3 is 0 Å². The number of rotatable bonds is 7. The Morgan fingerprint density at radius 3 is 2.04 bits per heavy atom. The van der Waals surface area contributed by atoms with Gasteiger partial charge in [0.1, 0.15) is 18.4 Å². The summed E-state index contributed by atoms with van der Waals surface area (Å²) in [6.07, 6.45) is 9.07. The summed E-state index contributed by atoms with van der Waals surface area (Å²) >= 11 is 0. The number of nitrogens with one attached hydrogen (secondary N) is 2. The van der Waals surface area contributed by atoms with Crippen LogP contribution < -0.4 is 15.4 Å². The van der Waals surface area contributed by atoms with E-state index in [0.717, 1.165) is 0 Å². The van der Waals surface area contributed by atoms with E-state index >= 15 is 0 Å². The van der Waals surface area contributed by atoms with Gasteiger partial charge < -0.3 is 20.5 Å². The van der Waals surface area contributed by atoms with Crippen LogP contribution in [0.1, 0.15) is 11.6 Å². The average molecular weight is 407 g/mol. The fourth-order valence-electron chi connectivity index (χ4n) is 2.66. The van der Waals surface area contributed by atoms with Gasteiger partial charge in [0.2, 0.25) is 5.91 Å². The van der Waals surface area contributed by atoms with Crippen molar-refractivity contribution < 1.29 is 19.4 Å². The fourth-order valence-corrected chi connectivity index (χ4v) is 4.00. The molecule has 3 N–H and O–H groups in total. The molecule has 0 aliphatic heterocycles. The Morgan fingerprint density at radius 1 is 1.00 bits per heavy atom. The highest BCUT2D eigenvalue weighted by atomic mass is 32.3. The Balaban J connectivity index is 2.23. The number of anilines is 1. The maximum Gasteiger partial charge on any atom is 0.251 e. The van der Waals surface area contributed by atoms with Crippen LogP contribution in [0.4, 0.5) is 5.69 Å². The van der Waals surface area contributed by atoms with Gasteiger partial charge in [0.25, 0.3) is 5.91 Å². The van der Waals surface area contributed by atoms with E-state index in [1.54, 1.807) is 31.4 Å². The van der Waals surface area contributed by atoms with E-state index in [1.807, 2.05) is 24.3 Å². The summed E-state index contributed by atoms with van der Waals surface area (Å²) in [6, 6.07) is 13.7. The first-order valence-electron chi connectivity index (χ1n) is 8.96. The van der Waals surface area contributed by atoms with Crippen molar-refractivity contribution in [3.05, 3.63) is 54.1 Å². The second-order valence-electron chi connectivity index (χ2n) is 8.55. The molecule has 0 aromatic heterocycles. The molecule has 2 amide bonds. The summed E-state index contributed by atoms with van der Waals surface area (Å²) in [5.74, 6) is -0.373. The minimum Gasteiger partial charge on any atom is -0.497 e. The number of ether oxygens (including phenoxy) is 1. The molecule has 0 radical (unpaired) electrons. The molecular formula is C21H30N2O4S. The number of hydrogen-bond acceptors (Lipinski definition) is 4. The zero-order valence-corrected chi connectivity index (χ0v) is 17.9. The second-order valence-corrected chi connectivity index (χ2v) is 16.2. The highest BCUT2D eigenvalue weighted by Crippen LogP contribution is 2.63. The van der Waals surface area contributed by atoms with Gasteiger partial charge in [-0.3, -0.25) is 18.8 Å². The fraction of sp³-hybridized carbons (Fsp3) is 0.333. The molecule has 0 spiro atoms. The van der Waals surface area contributed by atoms with Crippen LogP contribution in [0.5, 0.6) is 5.75 Å². The lowest BCUT2D eigenvalue weighted by molar-refractivity contribution is -0.128. The van der Waals surface area contributed by atoms with E-state index in [9.17, 15) is 9.59 Å². The lowest BCUT2D eigenvalue weighted by Crippen LogP contribution is -2.38. The molecule has 2 rings (SSSR count). The maximum absolute atomic E-state index is 12.8. The minimum absolute atomic E-state index is 0.391. The number of aliphatic hydroxyl groups is 1. The number of methoxy groups -OCH3 is 1. The Kier molecular flexibility index (Phi) is 6.41. The summed E-state index contributed by atoms with van der Waals surface area (Å²) < 4.78 is 5.13. The van der Waals surface area contributed by atoms with E-state index in [2.05, 4.69) is 35.7 Å². The standard InChI is InChI=1S/C21H30N2O4S/c1-27-17-10-6-15(7-11-17)20(23-19(25)14-24)21(26)22-16-8-12-18(13-9-16)28(2,3,4)5/h6-13,20,24,28H,14H2,1-5H3,(H,22,26)(H,23,25). The van der Waals surface area contributed by atoms with Gasteiger partial charge in [0.15, 0.2) is 0 Å². The lowest BCUT2D eigenvalue weighted by Gasteiger charge is -2.47. The van der Waals surface area contributed by atoms with E-state index in [4.69, 9.17) is 9.84 Å². The van der Waals surface area contributed by atoms with Crippen LogP contribution in [-0.2, 0) is 9.59 Å². The van der Waals surface area contributed by atoms with Gasteiger partial charge in [-0.15, -0.1) is 0 Å². The van der Waals surface area contributed by atoms with Crippen LogP contribution in [0.25, 0.3) is 0 Å². The summed E-state index contributed by atoms with van der Waals surface area (Å²) in [5, 5.41) is 14.4. The Bertz CT molecular complexity index is 830. The summed E-state index contributed by atoms with van der Waals surface area (Å²) in [7, 11) is -0.331. The molecule has 0 aliphatic rings. The number of carbonyl (C=O) groups excluding carboxylic acids is 2. The first-order valence-corrected chi connectivity index (χ1v) is 13.0. The Hall–Kier alpha value is -2.51. The summed E-state index contributed by atoms with van der Waals surface area (Å²) in [5.41, 5.74) is 1.23. The van der Waals surface area contributed by atoms with Crippen LogP contribution in [-0.4, -0.2) is 55.7 Å². The van der Waals surface area contributed by atoms with Crippen LogP contribution in [0.3, 0.4) is 0 Å². The van der Waals surface area contributed by atoms with Crippen LogP contribution in [0, 0.1) is 0 Å². The van der Waals surface area contributed by atoms with Gasteiger partial charge in [-0.2, -0.15) is 0 Å². The first kappa shape index (κ1) is 21.8. The molecule has 2 aromatic carbocycles. The van der Waals surface area contributed by atoms with Crippen LogP contribution >= 0.6 is 9.16 Å². The van der Waals surface area contributed by atoms with Gasteiger partial charge in [-0.1, -0.05) is 12.1 Å². The predicted octanol–water partition coefficient (Wildman–Crippen LogP) is 2.43. The molecule has 0 bridgehead atoms. The number of benzene rings is 2. The molecule has 7 heteroatoms. The largest absolute Gasteiger partial charge is 0.497 e. The van der Waals surface area contributed by atoms with Crippen molar-refractivity contribution >= 4 is 26.7 Å². The van der Waals surface area contributed by atoms with Gasteiger partial charge in [-0.25, -0.2) is 0 Å². The zero-order valence-electron chi connectivity index (χ0n) is 17.0. The van der Waals surface area contributed by atoms with Crippen molar-refractivity contribution in [1.82, 2.24) is 5.32 Å². The summed E-state index contributed by atoms with van der Waals surface area (Å²) in [4.78, 5) is 25.8. The SMILES string of the molecule is COc1ccc(C(NC(=O)CO)C(=O)Nc2ccc([SH](C)(C)(C)C)cc2)cc1. The molecule has 0 fully saturated rings. The Labute approximate surface area is 166 Å². The van der Waals surface area contributed by atoms with Crippen molar-refractivity contribution in [2.24, 2.45) is 0 Å². The third kappa shape index (κ3) is 5.74. The minimum atomic E-state index is -1.88. The van der Waals surface area contributed by atoms with Crippen molar-refractivity contribution in [2.75, 3.05) is 44.1 Å². The molecule has 28 heavy (non-hydrogen) atoms. The van der Waals surface area contributed by atoms with Gasteiger partial charge in [0, 0.05) is 5.69 Å². The molecule has 1 atom stereocenters. The Morgan fingerprint density at radius 2 is 1.57 bits per heavy atom. The molecular weight excluding hydrogens is 376 g/mol. The molecule has 1 unspecified atom stereocenters. The monoisotopic (exact) mass is 406 g/mol. The predicted molar refractivity (Wildman–Crippen MR) is 117 cm³/mol. The lowest BCUT2D eigenvalue weighted by atomic mass is 10.1. The smallest absolute Gasteiger partial charge is 0.251 e. The number of hydrogen-bond donors (Lipinski definition) is 4. The maximum atomic E-state index is 12.8. The van der Waals surface area contributed by atoms with Gasteiger partial charge in [0.05, 0.1) is 7.11 Å². The molecule has 0 saturated carbocycles. The highest BCUT2D eigenvalue weighted by Gasteiger charge is 2.24. The van der Waals surface area contributed by atoms with Crippen molar-refractivity contribution in [3.63, 3.8) is 0 Å². The normalized spacial score (nSPS) is 13.7. The van der Waals surface area contributed by atoms with Gasteiger partial charge in [-0.05, 0) is 71.9 Å². The average Bonchev–Trinajstić information content (AvgIpc) is 2.65. The molecule has 6 nitrogen and oxygen atoms in total. The van der Waals surface area contributed by atoms with Crippen molar-refractivity contribution in [3.8, 4) is 5.75 Å².